The van der Waals surface area contributed by atoms with Gasteiger partial charge in [-0.15, -0.1) is 0 Å². The van der Waals surface area contributed by atoms with Gasteiger partial charge in [0.05, 0.1) is 30.1 Å². The van der Waals surface area contributed by atoms with Crippen LogP contribution in [0.3, 0.4) is 0 Å². The molecule has 0 bridgehead atoms. The predicted molar refractivity (Wildman–Crippen MR) is 169 cm³/mol. The Bertz CT molecular complexity index is 1430. The summed E-state index contributed by atoms with van der Waals surface area (Å²) < 4.78 is 8.30. The van der Waals surface area contributed by atoms with Crippen LogP contribution < -0.4 is 10.6 Å². The zero-order chi connectivity index (χ0) is 30.5. The average molecular weight is 652 g/mol. The fourth-order valence-electron chi connectivity index (χ4n) is 3.39. The van der Waals surface area contributed by atoms with Crippen molar-refractivity contribution < 1.29 is 23.9 Å². The molecule has 222 valence electrons. The van der Waals surface area contributed by atoms with Crippen molar-refractivity contribution in [1.29, 1.82) is 0 Å². The third-order valence-electron chi connectivity index (χ3n) is 5.26. The second-order valence-corrected chi connectivity index (χ2v) is 12.2. The zero-order valence-corrected chi connectivity index (χ0v) is 25.8. The Morgan fingerprint density at radius 2 is 1.69 bits per heavy atom. The number of amides is 1. The maximum atomic E-state index is 12.7. The predicted octanol–water partition coefficient (Wildman–Crippen LogP) is 6.30. The van der Waals surface area contributed by atoms with Gasteiger partial charge in [-0.05, 0) is 49.4 Å². The first-order valence-corrected chi connectivity index (χ1v) is 14.9. The molecule has 2 aromatic carbocycles. The molecule has 3 aromatic rings. The molecule has 13 heteroatoms. The number of amidine groups is 1. The Labute approximate surface area is 263 Å². The first-order valence-electron chi connectivity index (χ1n) is 12.8. The summed E-state index contributed by atoms with van der Waals surface area (Å²) in [6, 6.07) is 18.4. The second-order valence-electron chi connectivity index (χ2n) is 8.96. The van der Waals surface area contributed by atoms with E-state index >= 15 is 0 Å². The lowest BCUT2D eigenvalue weighted by Crippen LogP contribution is -2.54. The quantitative estimate of drug-likeness (QED) is 0.0619. The minimum absolute atomic E-state index is 0.111. The summed E-state index contributed by atoms with van der Waals surface area (Å²) >= 11 is 19.6. The topological polar surface area (TPSA) is 119 Å². The largest absolute Gasteiger partial charge is 0.463 e. The van der Waals surface area contributed by atoms with E-state index in [1.165, 1.54) is 6.08 Å². The Hall–Kier alpha value is -3.31. The molecule has 0 aliphatic heterocycles. The number of fused-ring (bicyclic) bond motifs is 1. The molecule has 2 N–H and O–H groups in total. The average Bonchev–Trinajstić information content (AvgIpc) is 2.94. The molecule has 1 atom stereocenters. The van der Waals surface area contributed by atoms with E-state index in [9.17, 15) is 14.4 Å². The Balaban J connectivity index is 1.77. The molecule has 0 aliphatic rings. The summed E-state index contributed by atoms with van der Waals surface area (Å²) in [6.45, 7) is 3.44. The molecule has 1 amide bonds. The first kappa shape index (κ1) is 33.2. The molecule has 3 rings (SSSR count). The van der Waals surface area contributed by atoms with E-state index in [1.807, 2.05) is 48.5 Å². The van der Waals surface area contributed by atoms with Gasteiger partial charge in [0.25, 0.3) is 0 Å². The van der Waals surface area contributed by atoms with Gasteiger partial charge in [0, 0.05) is 17.7 Å². The molecular formula is C29H29Cl3N4O5S. The van der Waals surface area contributed by atoms with Crippen molar-refractivity contribution in [3.63, 3.8) is 0 Å². The Kier molecular flexibility index (Phi) is 12.9. The van der Waals surface area contributed by atoms with Gasteiger partial charge < -0.3 is 20.1 Å². The van der Waals surface area contributed by atoms with Crippen LogP contribution in [-0.4, -0.2) is 50.0 Å². The van der Waals surface area contributed by atoms with Crippen LogP contribution in [0.2, 0.25) is 0 Å². The third kappa shape index (κ3) is 11.5. The number of pyridine rings is 1. The van der Waals surface area contributed by atoms with Gasteiger partial charge in [-0.1, -0.05) is 83.3 Å². The Morgan fingerprint density at radius 3 is 2.40 bits per heavy atom. The number of carbonyl (C=O) groups is 3. The monoisotopic (exact) mass is 650 g/mol. The second kappa shape index (κ2) is 16.4. The van der Waals surface area contributed by atoms with Gasteiger partial charge >= 0.3 is 11.9 Å². The molecular weight excluding hydrogens is 623 g/mol. The van der Waals surface area contributed by atoms with Crippen molar-refractivity contribution in [3.05, 3.63) is 78.5 Å². The van der Waals surface area contributed by atoms with Crippen molar-refractivity contribution >= 4 is 92.2 Å². The molecule has 0 radical (unpaired) electrons. The first-order chi connectivity index (χ1) is 20.0. The number of alkyl halides is 3. The lowest BCUT2D eigenvalue weighted by atomic mass is 10.2. The lowest BCUT2D eigenvalue weighted by molar-refractivity contribution is -0.151. The lowest BCUT2D eigenvalue weighted by Gasteiger charge is -2.27. The van der Waals surface area contributed by atoms with Gasteiger partial charge in [0.15, 0.2) is 5.17 Å². The van der Waals surface area contributed by atoms with Gasteiger partial charge in [0.2, 0.25) is 9.70 Å². The fourth-order valence-corrected chi connectivity index (χ4v) is 4.39. The Morgan fingerprint density at radius 1 is 0.976 bits per heavy atom. The number of esters is 2. The number of hydrogen-bond acceptors (Lipinski definition) is 8. The van der Waals surface area contributed by atoms with E-state index < -0.39 is 27.8 Å². The number of carbonyl (C=O) groups excluding carboxylic acids is 3. The van der Waals surface area contributed by atoms with Crippen LogP contribution in [-0.2, 0) is 23.9 Å². The van der Waals surface area contributed by atoms with E-state index in [0.717, 1.165) is 22.7 Å². The van der Waals surface area contributed by atoms with E-state index in [-0.39, 0.29) is 30.1 Å². The number of thioether (sulfide) groups is 1. The molecule has 0 saturated heterocycles. The van der Waals surface area contributed by atoms with Crippen molar-refractivity contribution in [3.8, 4) is 0 Å². The van der Waals surface area contributed by atoms with Crippen LogP contribution in [0, 0.1) is 0 Å². The van der Waals surface area contributed by atoms with Gasteiger partial charge in [-0.3, -0.25) is 19.4 Å². The van der Waals surface area contributed by atoms with Crippen molar-refractivity contribution in [2.45, 2.75) is 42.8 Å². The summed E-state index contributed by atoms with van der Waals surface area (Å²) in [5.41, 5.74) is 1.91. The summed E-state index contributed by atoms with van der Waals surface area (Å²) in [7, 11) is 0. The van der Waals surface area contributed by atoms with Crippen molar-refractivity contribution in [2.24, 2.45) is 4.99 Å². The van der Waals surface area contributed by atoms with Gasteiger partial charge in [0.1, 0.15) is 12.1 Å². The fraction of sp³-hybridized carbons (Fsp3) is 0.276. The molecule has 9 nitrogen and oxygen atoms in total. The number of nitrogens with zero attached hydrogens (tertiary/aromatic N) is 2. The van der Waals surface area contributed by atoms with Crippen LogP contribution in [0.5, 0.6) is 0 Å². The maximum absolute atomic E-state index is 12.7. The number of benzene rings is 2. The molecule has 0 spiro atoms. The van der Waals surface area contributed by atoms with E-state index in [1.54, 1.807) is 38.3 Å². The highest BCUT2D eigenvalue weighted by Gasteiger charge is 2.34. The number of aliphatic imine (C=N–C) groups is 1. The van der Waals surface area contributed by atoms with Crippen LogP contribution in [0.4, 0.5) is 5.69 Å². The van der Waals surface area contributed by atoms with Gasteiger partial charge in [-0.25, -0.2) is 4.99 Å². The van der Waals surface area contributed by atoms with E-state index in [2.05, 4.69) is 20.6 Å². The van der Waals surface area contributed by atoms with Crippen LogP contribution >= 0.6 is 46.6 Å². The number of ether oxygens (including phenoxy) is 2. The van der Waals surface area contributed by atoms with Crippen LogP contribution in [0.1, 0.15) is 32.3 Å². The minimum atomic E-state index is -2.00. The molecule has 0 aliphatic carbocycles. The summed E-state index contributed by atoms with van der Waals surface area (Å²) in [5, 5.41) is 6.58. The highest BCUT2D eigenvalue weighted by atomic mass is 35.6. The number of halogens is 3. The maximum Gasteiger partial charge on any atom is 0.307 e. The number of para-hydroxylation sites is 1. The third-order valence-corrected chi connectivity index (χ3v) is 6.63. The summed E-state index contributed by atoms with van der Waals surface area (Å²) in [4.78, 5) is 45.7. The highest BCUT2D eigenvalue weighted by molar-refractivity contribution is 8.13. The highest BCUT2D eigenvalue weighted by Crippen LogP contribution is 2.30. The number of aromatic nitrogens is 1. The summed E-state index contributed by atoms with van der Waals surface area (Å²) in [5.74, 6) is -1.81. The smallest absolute Gasteiger partial charge is 0.307 e. The van der Waals surface area contributed by atoms with E-state index in [0.29, 0.717) is 11.2 Å². The van der Waals surface area contributed by atoms with E-state index in [4.69, 9.17) is 44.3 Å². The molecule has 0 saturated carbocycles. The number of hydrogen-bond donors (Lipinski definition) is 2. The molecule has 1 unspecified atom stereocenters. The van der Waals surface area contributed by atoms with Gasteiger partial charge in [-0.2, -0.15) is 0 Å². The van der Waals surface area contributed by atoms with Crippen molar-refractivity contribution in [1.82, 2.24) is 15.6 Å². The summed E-state index contributed by atoms with van der Waals surface area (Å²) in [6.07, 6.45) is 2.79. The number of nitrogens with one attached hydrogen (secondary N) is 2. The minimum Gasteiger partial charge on any atom is -0.463 e. The molecule has 0 fully saturated rings. The molecule has 1 aromatic heterocycles. The molecule has 42 heavy (non-hydrogen) atoms. The van der Waals surface area contributed by atoms with Crippen LogP contribution in [0.25, 0.3) is 17.0 Å². The van der Waals surface area contributed by atoms with Crippen LogP contribution in [0.15, 0.2) is 77.9 Å². The van der Waals surface area contributed by atoms with Crippen molar-refractivity contribution in [2.75, 3.05) is 5.94 Å². The normalized spacial score (nSPS) is 12.8. The standard InChI is InChI=1S/C29H29Cl3N4O5S/c1-19(2)41-25(39)16-15-24(38)40-18-42-28(34-22-12-6-10-21-11-7-17-33-26(21)22)36-27(29(30,31)32)35-23(37)14-13-20-8-4-3-5-9-20/h3-14,17,19,27H,15-16,18H2,1-2H3,(H,34,36)(H,35,37)/b14-13+. The molecule has 1 heterocycles. The SMILES string of the molecule is CC(C)OC(=O)CCC(=O)OCS/C(=N/c1cccc2cccnc12)NC(NC(=O)/C=C/c1ccccc1)C(Cl)(Cl)Cl. The number of rotatable bonds is 11. The zero-order valence-electron chi connectivity index (χ0n) is 22.8.